The zero-order chi connectivity index (χ0) is 15.7. The normalized spacial score (nSPS) is 31.9. The monoisotopic (exact) mass is 294 g/mol. The lowest BCUT2D eigenvalue weighted by Crippen LogP contribution is -2.47. The molecule has 0 aromatic rings. The van der Waals surface area contributed by atoms with Gasteiger partial charge in [0, 0.05) is 18.9 Å². The molecule has 4 nitrogen and oxygen atoms in total. The van der Waals surface area contributed by atoms with Crippen LogP contribution in [-0.2, 0) is 14.3 Å². The fourth-order valence-electron chi connectivity index (χ4n) is 3.94. The lowest BCUT2D eigenvalue weighted by molar-refractivity contribution is -0.216. The fourth-order valence-corrected chi connectivity index (χ4v) is 3.94. The highest BCUT2D eigenvalue weighted by Crippen LogP contribution is 2.51. The molecule has 2 atom stereocenters. The topological polar surface area (TPSA) is 55.8 Å². The number of rotatable bonds is 3. The molecule has 0 amide bonds. The third kappa shape index (κ3) is 3.74. The zero-order valence-corrected chi connectivity index (χ0v) is 13.4. The van der Waals surface area contributed by atoms with E-state index in [4.69, 9.17) is 14.6 Å². The Balaban J connectivity index is 2.13. The summed E-state index contributed by atoms with van der Waals surface area (Å²) in [5.41, 5.74) is 0.821. The van der Waals surface area contributed by atoms with Gasteiger partial charge in [0.25, 0.3) is 0 Å². The van der Waals surface area contributed by atoms with E-state index < -0.39 is 11.8 Å². The van der Waals surface area contributed by atoms with E-state index in [1.165, 1.54) is 6.08 Å². The van der Waals surface area contributed by atoms with Crippen LogP contribution in [0.4, 0.5) is 0 Å². The van der Waals surface area contributed by atoms with Gasteiger partial charge in [0.1, 0.15) is 0 Å². The van der Waals surface area contributed by atoms with Gasteiger partial charge in [-0.1, -0.05) is 32.9 Å². The number of aliphatic carboxylic acids is 1. The van der Waals surface area contributed by atoms with Crippen LogP contribution in [0.5, 0.6) is 0 Å². The number of carbonyl (C=O) groups is 1. The Bertz CT molecular complexity index is 455. The molecule has 1 saturated carbocycles. The number of carboxylic acid groups (broad SMARTS) is 1. The maximum absolute atomic E-state index is 10.7. The van der Waals surface area contributed by atoms with Crippen LogP contribution in [0.25, 0.3) is 0 Å². The van der Waals surface area contributed by atoms with Crippen LogP contribution in [0.2, 0.25) is 0 Å². The smallest absolute Gasteiger partial charge is 0.328 e. The molecule has 0 aromatic carbocycles. The van der Waals surface area contributed by atoms with Gasteiger partial charge in [-0.2, -0.15) is 0 Å². The van der Waals surface area contributed by atoms with Crippen molar-refractivity contribution in [2.75, 3.05) is 13.2 Å². The zero-order valence-electron chi connectivity index (χ0n) is 13.4. The predicted molar refractivity (Wildman–Crippen MR) is 80.8 cm³/mol. The summed E-state index contributed by atoms with van der Waals surface area (Å²) in [6.07, 6.45) is 7.09. The van der Waals surface area contributed by atoms with Crippen molar-refractivity contribution >= 4 is 5.97 Å². The summed E-state index contributed by atoms with van der Waals surface area (Å²) in [4.78, 5) is 10.7. The van der Waals surface area contributed by atoms with Crippen molar-refractivity contribution in [1.29, 1.82) is 0 Å². The van der Waals surface area contributed by atoms with Crippen molar-refractivity contribution in [3.63, 3.8) is 0 Å². The number of hydrogen-bond donors (Lipinski definition) is 1. The minimum atomic E-state index is -0.903. The Morgan fingerprint density at radius 2 is 1.90 bits per heavy atom. The molecular weight excluding hydrogens is 268 g/mol. The van der Waals surface area contributed by atoms with Crippen molar-refractivity contribution < 1.29 is 19.4 Å². The molecule has 1 aliphatic carbocycles. The molecule has 1 heterocycles. The second-order valence-electron chi connectivity index (χ2n) is 7.07. The van der Waals surface area contributed by atoms with E-state index >= 15 is 0 Å². The van der Waals surface area contributed by atoms with E-state index in [1.807, 2.05) is 13.0 Å². The van der Waals surface area contributed by atoms with Gasteiger partial charge >= 0.3 is 5.97 Å². The Morgan fingerprint density at radius 1 is 1.29 bits per heavy atom. The van der Waals surface area contributed by atoms with Crippen LogP contribution < -0.4 is 0 Å². The van der Waals surface area contributed by atoms with Crippen molar-refractivity contribution in [1.82, 2.24) is 0 Å². The highest BCUT2D eigenvalue weighted by molar-refractivity contribution is 5.81. The van der Waals surface area contributed by atoms with Crippen LogP contribution in [0.1, 0.15) is 40.5 Å². The Hall–Kier alpha value is -1.13. The predicted octanol–water partition coefficient (Wildman–Crippen LogP) is 3.39. The first-order chi connectivity index (χ1) is 9.74. The van der Waals surface area contributed by atoms with E-state index in [9.17, 15) is 4.79 Å². The maximum Gasteiger partial charge on any atom is 0.328 e. The molecule has 1 aliphatic heterocycles. The molecule has 118 valence electrons. The van der Waals surface area contributed by atoms with Gasteiger partial charge in [0.15, 0.2) is 5.79 Å². The number of allylic oxidation sites excluding steroid dienone is 3. The first-order valence-corrected chi connectivity index (χ1v) is 7.61. The molecule has 4 heteroatoms. The third-order valence-corrected chi connectivity index (χ3v) is 4.60. The average Bonchev–Trinajstić information content (AvgIpc) is 2.73. The summed E-state index contributed by atoms with van der Waals surface area (Å²) in [5, 5.41) is 8.77. The van der Waals surface area contributed by atoms with Gasteiger partial charge < -0.3 is 14.6 Å². The summed E-state index contributed by atoms with van der Waals surface area (Å²) in [6.45, 7) is 9.88. The van der Waals surface area contributed by atoms with Crippen LogP contribution >= 0.6 is 0 Å². The SMILES string of the molecule is CC(=C/C(=O)O)/C=C/C1C(C)CC2(CC1(C)C)OCCO2. The number of carboxylic acids is 1. The van der Waals surface area contributed by atoms with Crippen LogP contribution in [-0.4, -0.2) is 30.1 Å². The van der Waals surface area contributed by atoms with Gasteiger partial charge in [0.2, 0.25) is 0 Å². The molecule has 0 radical (unpaired) electrons. The Labute approximate surface area is 126 Å². The lowest BCUT2D eigenvalue weighted by atomic mass is 9.62. The van der Waals surface area contributed by atoms with Crippen molar-refractivity contribution in [2.24, 2.45) is 17.3 Å². The number of hydrogen-bond acceptors (Lipinski definition) is 3. The van der Waals surface area contributed by atoms with Gasteiger partial charge in [0.05, 0.1) is 13.2 Å². The maximum atomic E-state index is 10.7. The minimum Gasteiger partial charge on any atom is -0.478 e. The lowest BCUT2D eigenvalue weighted by Gasteiger charge is -2.49. The molecule has 2 fully saturated rings. The van der Waals surface area contributed by atoms with E-state index in [1.54, 1.807) is 0 Å². The molecule has 21 heavy (non-hydrogen) atoms. The standard InChI is InChI=1S/C17H26O4/c1-12(9-15(18)19)5-6-14-13(2)10-17(11-16(14,3)4)20-7-8-21-17/h5-6,9,13-14H,7-8,10-11H2,1-4H3,(H,18,19)/b6-5+,12-9-. The van der Waals surface area contributed by atoms with Gasteiger partial charge in [-0.3, -0.25) is 0 Å². The molecule has 1 N–H and O–H groups in total. The molecule has 2 unspecified atom stereocenters. The van der Waals surface area contributed by atoms with Crippen LogP contribution in [0.15, 0.2) is 23.8 Å². The second-order valence-corrected chi connectivity index (χ2v) is 7.07. The Kier molecular flexibility index (Phi) is 4.59. The van der Waals surface area contributed by atoms with E-state index in [0.29, 0.717) is 25.0 Å². The molecule has 2 aliphatic rings. The fraction of sp³-hybridized carbons (Fsp3) is 0.706. The van der Waals surface area contributed by atoms with Gasteiger partial charge in [-0.25, -0.2) is 4.79 Å². The van der Waals surface area contributed by atoms with Gasteiger partial charge in [-0.15, -0.1) is 0 Å². The van der Waals surface area contributed by atoms with Crippen molar-refractivity contribution in [3.8, 4) is 0 Å². The van der Waals surface area contributed by atoms with Crippen molar-refractivity contribution in [3.05, 3.63) is 23.8 Å². The first kappa shape index (κ1) is 16.2. The summed E-state index contributed by atoms with van der Waals surface area (Å²) in [6, 6.07) is 0. The minimum absolute atomic E-state index is 0.0575. The van der Waals surface area contributed by atoms with E-state index in [0.717, 1.165) is 18.4 Å². The molecule has 1 saturated heterocycles. The second kappa shape index (κ2) is 5.93. The quantitative estimate of drug-likeness (QED) is 0.640. The van der Waals surface area contributed by atoms with Crippen LogP contribution in [0.3, 0.4) is 0 Å². The van der Waals surface area contributed by atoms with Crippen LogP contribution in [0, 0.1) is 17.3 Å². The molecule has 0 aromatic heterocycles. The average molecular weight is 294 g/mol. The van der Waals surface area contributed by atoms with Gasteiger partial charge in [-0.05, 0) is 29.7 Å². The largest absolute Gasteiger partial charge is 0.478 e. The summed E-state index contributed by atoms with van der Waals surface area (Å²) < 4.78 is 11.8. The van der Waals surface area contributed by atoms with Crippen molar-refractivity contribution in [2.45, 2.75) is 46.3 Å². The molecule has 2 rings (SSSR count). The highest BCUT2D eigenvalue weighted by Gasteiger charge is 2.50. The molecular formula is C17H26O4. The summed E-state index contributed by atoms with van der Waals surface area (Å²) in [7, 11) is 0. The third-order valence-electron chi connectivity index (χ3n) is 4.60. The van der Waals surface area contributed by atoms with E-state index in [2.05, 4.69) is 26.8 Å². The van der Waals surface area contributed by atoms with E-state index in [-0.39, 0.29) is 5.41 Å². The Morgan fingerprint density at radius 3 is 2.43 bits per heavy atom. The number of ether oxygens (including phenoxy) is 2. The summed E-state index contributed by atoms with van der Waals surface area (Å²) in [5.74, 6) is -0.493. The molecule has 0 bridgehead atoms. The summed E-state index contributed by atoms with van der Waals surface area (Å²) >= 11 is 0. The molecule has 1 spiro atoms. The first-order valence-electron chi connectivity index (χ1n) is 7.61. The highest BCUT2D eigenvalue weighted by atomic mass is 16.7.